The molecule has 182 valence electrons. The van der Waals surface area contributed by atoms with Crippen molar-refractivity contribution in [1.29, 1.82) is 0 Å². The molecule has 3 aromatic rings. The van der Waals surface area contributed by atoms with E-state index in [9.17, 15) is 14.8 Å². The van der Waals surface area contributed by atoms with Crippen LogP contribution in [-0.2, 0) is 11.8 Å². The molecule has 6 heteroatoms. The third kappa shape index (κ3) is 5.53. The van der Waals surface area contributed by atoms with Crippen molar-refractivity contribution in [3.05, 3.63) is 105 Å². The lowest BCUT2D eigenvalue weighted by Crippen LogP contribution is -2.36. The zero-order chi connectivity index (χ0) is 24.9. The van der Waals surface area contributed by atoms with Crippen molar-refractivity contribution in [1.82, 2.24) is 9.47 Å². The van der Waals surface area contributed by atoms with Crippen LogP contribution in [0.1, 0.15) is 65.8 Å². The van der Waals surface area contributed by atoms with Gasteiger partial charge in [-0.05, 0) is 54.0 Å². The molecule has 1 aliphatic heterocycles. The van der Waals surface area contributed by atoms with Crippen molar-refractivity contribution in [2.75, 3.05) is 13.1 Å². The maximum absolute atomic E-state index is 11.8. The van der Waals surface area contributed by atoms with Gasteiger partial charge in [0.25, 0.3) is 0 Å². The normalized spacial score (nSPS) is 15.7. The number of pyridine rings is 1. The molecular weight excluding hydrogens is 438 g/mol. The van der Waals surface area contributed by atoms with Crippen LogP contribution >= 0.6 is 0 Å². The molecule has 0 bridgehead atoms. The fourth-order valence-corrected chi connectivity index (χ4v) is 5.09. The van der Waals surface area contributed by atoms with Crippen molar-refractivity contribution in [2.45, 2.75) is 44.9 Å². The number of benzene rings is 2. The van der Waals surface area contributed by atoms with E-state index in [-0.39, 0.29) is 17.4 Å². The lowest BCUT2D eigenvalue weighted by Gasteiger charge is -2.31. The third-order valence-corrected chi connectivity index (χ3v) is 7.25. The smallest absolute Gasteiger partial charge is 0.250 e. The fourth-order valence-electron chi connectivity index (χ4n) is 5.09. The number of carbonyl (C=O) groups excluding carboxylic acids is 1. The van der Waals surface area contributed by atoms with Crippen molar-refractivity contribution >= 4 is 11.6 Å². The number of hydrogen-bond donors (Lipinski definition) is 1. The number of aryl methyl sites for hydroxylation is 2. The summed E-state index contributed by atoms with van der Waals surface area (Å²) < 4.78 is 1.50. The van der Waals surface area contributed by atoms with Crippen LogP contribution in [-0.4, -0.2) is 39.4 Å². The fraction of sp³-hybridized carbons (Fsp3) is 0.345. The van der Waals surface area contributed by atoms with E-state index in [4.69, 9.17) is 0 Å². The van der Waals surface area contributed by atoms with Crippen molar-refractivity contribution in [3.8, 4) is 0 Å². The Kier molecular flexibility index (Phi) is 7.49. The van der Waals surface area contributed by atoms with E-state index in [1.165, 1.54) is 27.3 Å². The molecule has 1 saturated heterocycles. The van der Waals surface area contributed by atoms with Gasteiger partial charge >= 0.3 is 0 Å². The van der Waals surface area contributed by atoms with E-state index in [0.717, 1.165) is 37.1 Å². The molecule has 0 spiro atoms. The largest absolute Gasteiger partial charge is 0.411 e. The van der Waals surface area contributed by atoms with Crippen LogP contribution in [0.25, 0.3) is 0 Å². The lowest BCUT2D eigenvalue weighted by molar-refractivity contribution is -0.129. The molecule has 1 aromatic heterocycles. The Bertz CT molecular complexity index is 1270. The molecular formula is C29H33N3O3. The summed E-state index contributed by atoms with van der Waals surface area (Å²) in [7, 11) is 1.69. The second-order valence-electron chi connectivity index (χ2n) is 9.47. The van der Waals surface area contributed by atoms with Crippen molar-refractivity contribution < 1.29 is 10.0 Å². The van der Waals surface area contributed by atoms with Crippen molar-refractivity contribution in [3.63, 3.8) is 0 Å². The van der Waals surface area contributed by atoms with Crippen LogP contribution in [0.5, 0.6) is 0 Å². The van der Waals surface area contributed by atoms with E-state index < -0.39 is 0 Å². The van der Waals surface area contributed by atoms with E-state index >= 15 is 0 Å². The van der Waals surface area contributed by atoms with Crippen molar-refractivity contribution in [2.24, 2.45) is 12.2 Å². The number of amides is 1. The van der Waals surface area contributed by atoms with Crippen LogP contribution in [0.2, 0.25) is 0 Å². The van der Waals surface area contributed by atoms with Gasteiger partial charge in [0.15, 0.2) is 0 Å². The van der Waals surface area contributed by atoms with Gasteiger partial charge < -0.3 is 14.7 Å². The number of rotatable bonds is 6. The second kappa shape index (κ2) is 10.7. The molecule has 0 saturated carbocycles. The number of aromatic nitrogens is 1. The van der Waals surface area contributed by atoms with Crippen LogP contribution in [0.4, 0.5) is 0 Å². The highest BCUT2D eigenvalue weighted by molar-refractivity contribution is 6.00. The van der Waals surface area contributed by atoms with E-state index in [1.54, 1.807) is 26.2 Å². The quantitative estimate of drug-likeness (QED) is 0.318. The first-order valence-corrected chi connectivity index (χ1v) is 12.2. The van der Waals surface area contributed by atoms with Gasteiger partial charge in [-0.25, -0.2) is 0 Å². The number of carbonyl (C=O) groups is 1. The summed E-state index contributed by atoms with van der Waals surface area (Å²) in [6, 6.07) is 20.3. The van der Waals surface area contributed by atoms with Gasteiger partial charge in [-0.1, -0.05) is 53.7 Å². The Morgan fingerprint density at radius 1 is 1.06 bits per heavy atom. The zero-order valence-electron chi connectivity index (χ0n) is 20.6. The number of oxime groups is 1. The summed E-state index contributed by atoms with van der Waals surface area (Å²) in [5, 5.41) is 13.5. The summed E-state index contributed by atoms with van der Waals surface area (Å²) in [6.45, 7) is 5.36. The van der Waals surface area contributed by atoms with Gasteiger partial charge in [0.05, 0.1) is 5.71 Å². The minimum Gasteiger partial charge on any atom is -0.411 e. The van der Waals surface area contributed by atoms with Gasteiger partial charge in [0.1, 0.15) is 0 Å². The lowest BCUT2D eigenvalue weighted by atomic mass is 9.82. The number of piperidine rings is 1. The van der Waals surface area contributed by atoms with E-state index in [2.05, 4.69) is 48.5 Å². The first kappa shape index (κ1) is 24.5. The van der Waals surface area contributed by atoms with Crippen LogP contribution < -0.4 is 5.56 Å². The highest BCUT2D eigenvalue weighted by Crippen LogP contribution is 2.34. The minimum absolute atomic E-state index is 0.00653. The summed E-state index contributed by atoms with van der Waals surface area (Å²) >= 11 is 0. The molecule has 6 nitrogen and oxygen atoms in total. The van der Waals surface area contributed by atoms with Gasteiger partial charge in [-0.2, -0.15) is 0 Å². The van der Waals surface area contributed by atoms with Crippen LogP contribution in [0.15, 0.2) is 76.8 Å². The number of likely N-dealkylation sites (tertiary alicyclic amines) is 1. The Hall–Kier alpha value is -3.67. The average Bonchev–Trinajstić information content (AvgIpc) is 2.87. The van der Waals surface area contributed by atoms with Gasteiger partial charge in [-0.15, -0.1) is 0 Å². The predicted molar refractivity (Wildman–Crippen MR) is 138 cm³/mol. The molecule has 0 aliphatic carbocycles. The Labute approximate surface area is 206 Å². The van der Waals surface area contributed by atoms with E-state index in [1.807, 2.05) is 17.0 Å². The molecule has 4 rings (SSSR count). The molecule has 2 aromatic carbocycles. The molecule has 1 N–H and O–H groups in total. The van der Waals surface area contributed by atoms with Gasteiger partial charge in [0, 0.05) is 57.2 Å². The van der Waals surface area contributed by atoms with E-state index in [0.29, 0.717) is 18.1 Å². The van der Waals surface area contributed by atoms with Crippen LogP contribution in [0, 0.1) is 6.92 Å². The Morgan fingerprint density at radius 3 is 2.34 bits per heavy atom. The standard InChI is InChI=1S/C29H33N3O3/c1-20-6-4-5-7-26(20)27(18-28(30-35)25-12-13-29(34)31(3)19-25)24-10-8-22(9-11-24)23-14-16-32(17-15-23)21(2)33/h4-13,19,23,27,35H,14-18H2,1-3H3. The zero-order valence-corrected chi connectivity index (χ0v) is 20.6. The molecule has 1 aliphatic rings. The molecule has 35 heavy (non-hydrogen) atoms. The summed E-state index contributed by atoms with van der Waals surface area (Å²) in [4.78, 5) is 25.4. The highest BCUT2D eigenvalue weighted by Gasteiger charge is 2.24. The monoisotopic (exact) mass is 471 g/mol. The number of nitrogens with zero attached hydrogens (tertiary/aromatic N) is 3. The Balaban J connectivity index is 1.62. The molecule has 1 amide bonds. The molecule has 2 heterocycles. The SMILES string of the molecule is CC(=O)N1CCC(c2ccc(C(CC(=NO)c3ccc(=O)n(C)c3)c3ccccc3C)cc2)CC1. The molecule has 1 unspecified atom stereocenters. The summed E-state index contributed by atoms with van der Waals surface area (Å²) in [5.74, 6) is 0.601. The first-order chi connectivity index (χ1) is 16.9. The van der Waals surface area contributed by atoms with Gasteiger partial charge in [0.2, 0.25) is 11.5 Å². The molecule has 1 fully saturated rings. The third-order valence-electron chi connectivity index (χ3n) is 7.25. The average molecular weight is 472 g/mol. The number of hydrogen-bond acceptors (Lipinski definition) is 4. The first-order valence-electron chi connectivity index (χ1n) is 12.2. The summed E-state index contributed by atoms with van der Waals surface area (Å²) in [6.07, 6.45) is 4.17. The maximum Gasteiger partial charge on any atom is 0.250 e. The summed E-state index contributed by atoms with van der Waals surface area (Å²) in [5.41, 5.74) is 5.96. The van der Waals surface area contributed by atoms with Gasteiger partial charge in [-0.3, -0.25) is 9.59 Å². The predicted octanol–water partition coefficient (Wildman–Crippen LogP) is 4.82. The second-order valence-corrected chi connectivity index (χ2v) is 9.47. The molecule has 1 atom stereocenters. The maximum atomic E-state index is 11.8. The van der Waals surface area contributed by atoms with Crippen LogP contribution in [0.3, 0.4) is 0 Å². The topological polar surface area (TPSA) is 74.9 Å². The highest BCUT2D eigenvalue weighted by atomic mass is 16.4. The minimum atomic E-state index is -0.105. The Morgan fingerprint density at radius 2 is 1.74 bits per heavy atom. The molecule has 0 radical (unpaired) electrons.